The Hall–Kier alpha value is -4.79. The van der Waals surface area contributed by atoms with E-state index in [1.165, 1.54) is 49.6 Å². The molecule has 1 aliphatic rings. The van der Waals surface area contributed by atoms with Crippen LogP contribution in [0.2, 0.25) is 0 Å². The van der Waals surface area contributed by atoms with Crippen molar-refractivity contribution in [3.8, 4) is 11.5 Å². The van der Waals surface area contributed by atoms with Crippen LogP contribution in [0, 0.1) is 12.7 Å². The number of urea groups is 1. The summed E-state index contributed by atoms with van der Waals surface area (Å²) in [6.45, 7) is 1.90. The van der Waals surface area contributed by atoms with Crippen LogP contribution in [0.25, 0.3) is 6.08 Å². The summed E-state index contributed by atoms with van der Waals surface area (Å²) < 4.78 is 25.0. The molecule has 0 aliphatic carbocycles. The van der Waals surface area contributed by atoms with Crippen molar-refractivity contribution in [2.75, 3.05) is 12.0 Å². The van der Waals surface area contributed by atoms with Gasteiger partial charge in [-0.05, 0) is 55.0 Å². The number of rotatable bonds is 5. The Labute approximate surface area is 199 Å². The highest BCUT2D eigenvalue weighted by molar-refractivity contribution is 6.39. The molecule has 1 fully saturated rings. The van der Waals surface area contributed by atoms with Crippen molar-refractivity contribution in [1.82, 2.24) is 5.32 Å². The third kappa shape index (κ3) is 4.79. The molecule has 1 saturated heterocycles. The van der Waals surface area contributed by atoms with Gasteiger partial charge in [-0.2, -0.15) is 0 Å². The lowest BCUT2D eigenvalue weighted by Crippen LogP contribution is -2.54. The predicted molar refractivity (Wildman–Crippen MR) is 125 cm³/mol. The van der Waals surface area contributed by atoms with E-state index in [-0.39, 0.29) is 22.8 Å². The maximum Gasteiger partial charge on any atom is 0.343 e. The molecule has 0 radical (unpaired) electrons. The van der Waals surface area contributed by atoms with E-state index in [2.05, 4.69) is 0 Å². The second-order valence-electron chi connectivity index (χ2n) is 7.58. The number of nitrogens with zero attached hydrogens (tertiary/aromatic N) is 1. The average molecular weight is 474 g/mol. The van der Waals surface area contributed by atoms with Crippen LogP contribution in [0.15, 0.2) is 72.3 Å². The van der Waals surface area contributed by atoms with Crippen LogP contribution < -0.4 is 19.7 Å². The van der Waals surface area contributed by atoms with Gasteiger partial charge in [0.25, 0.3) is 11.8 Å². The average Bonchev–Trinajstić information content (AvgIpc) is 2.84. The van der Waals surface area contributed by atoms with Crippen LogP contribution in [-0.2, 0) is 9.59 Å². The van der Waals surface area contributed by atoms with Crippen molar-refractivity contribution in [3.63, 3.8) is 0 Å². The van der Waals surface area contributed by atoms with E-state index in [9.17, 15) is 23.6 Å². The van der Waals surface area contributed by atoms with Crippen molar-refractivity contribution in [3.05, 3.63) is 94.8 Å². The second kappa shape index (κ2) is 9.60. The molecule has 3 aromatic rings. The standard InChI is InChI=1S/C26H19FN2O6/c1-15-7-10-17(11-8-15)25(32)35-21-12-9-16(14-22(21)34-2)13-18-23(30)28-26(33)29(24(18)31)20-6-4-3-5-19(20)27/h3-14H,1-2H3,(H,28,30,33)/b18-13+. The van der Waals surface area contributed by atoms with Gasteiger partial charge < -0.3 is 9.47 Å². The predicted octanol–water partition coefficient (Wildman–Crippen LogP) is 4.03. The number of carbonyl (C=O) groups is 4. The van der Waals surface area contributed by atoms with Crippen LogP contribution in [0.4, 0.5) is 14.9 Å². The summed E-state index contributed by atoms with van der Waals surface area (Å²) in [6, 6.07) is 15.4. The number of carbonyl (C=O) groups excluding carboxylic acids is 4. The summed E-state index contributed by atoms with van der Waals surface area (Å²) in [7, 11) is 1.37. The van der Waals surface area contributed by atoms with E-state index in [1.807, 2.05) is 12.2 Å². The van der Waals surface area contributed by atoms with Gasteiger partial charge in [0.1, 0.15) is 11.4 Å². The number of imide groups is 2. The highest BCUT2D eigenvalue weighted by Crippen LogP contribution is 2.31. The number of halogens is 1. The number of anilines is 1. The summed E-state index contributed by atoms with van der Waals surface area (Å²) in [6.07, 6.45) is 1.23. The van der Waals surface area contributed by atoms with Crippen LogP contribution in [0.1, 0.15) is 21.5 Å². The van der Waals surface area contributed by atoms with Crippen molar-refractivity contribution in [1.29, 1.82) is 0 Å². The van der Waals surface area contributed by atoms with E-state index in [0.29, 0.717) is 16.0 Å². The van der Waals surface area contributed by atoms with Crippen LogP contribution in [-0.4, -0.2) is 30.9 Å². The van der Waals surface area contributed by atoms with Gasteiger partial charge in [0, 0.05) is 0 Å². The van der Waals surface area contributed by atoms with E-state index < -0.39 is 29.6 Å². The Balaban J connectivity index is 1.63. The van der Waals surface area contributed by atoms with E-state index in [1.54, 1.807) is 24.3 Å². The van der Waals surface area contributed by atoms with Crippen molar-refractivity contribution >= 4 is 35.6 Å². The highest BCUT2D eigenvalue weighted by Gasteiger charge is 2.38. The summed E-state index contributed by atoms with van der Waals surface area (Å²) in [5, 5.41) is 2.04. The van der Waals surface area contributed by atoms with E-state index in [0.717, 1.165) is 11.6 Å². The molecule has 0 atom stereocenters. The molecule has 9 heteroatoms. The van der Waals surface area contributed by atoms with Gasteiger partial charge in [0.15, 0.2) is 11.5 Å². The molecule has 0 spiro atoms. The minimum absolute atomic E-state index is 0.128. The molecule has 4 rings (SSSR count). The Morgan fingerprint density at radius 2 is 1.69 bits per heavy atom. The minimum atomic E-state index is -1.06. The first-order chi connectivity index (χ1) is 16.8. The van der Waals surface area contributed by atoms with E-state index >= 15 is 0 Å². The van der Waals surface area contributed by atoms with Gasteiger partial charge in [-0.25, -0.2) is 18.9 Å². The third-order valence-corrected chi connectivity index (χ3v) is 5.18. The zero-order chi connectivity index (χ0) is 25.1. The third-order valence-electron chi connectivity index (χ3n) is 5.18. The maximum absolute atomic E-state index is 14.2. The van der Waals surface area contributed by atoms with E-state index in [4.69, 9.17) is 9.47 Å². The normalized spacial score (nSPS) is 14.7. The van der Waals surface area contributed by atoms with Gasteiger partial charge >= 0.3 is 12.0 Å². The molecule has 1 N–H and O–H groups in total. The highest BCUT2D eigenvalue weighted by atomic mass is 19.1. The summed E-state index contributed by atoms with van der Waals surface area (Å²) in [5.41, 5.74) is 1.02. The Bertz CT molecular complexity index is 1380. The fourth-order valence-electron chi connectivity index (χ4n) is 3.38. The number of nitrogens with one attached hydrogen (secondary N) is 1. The molecular formula is C26H19FN2O6. The molecule has 3 aromatic carbocycles. The number of ether oxygens (including phenoxy) is 2. The molecule has 4 amide bonds. The lowest BCUT2D eigenvalue weighted by Gasteiger charge is -2.26. The van der Waals surface area contributed by atoms with Crippen LogP contribution in [0.3, 0.4) is 0 Å². The fourth-order valence-corrected chi connectivity index (χ4v) is 3.38. The number of aryl methyl sites for hydroxylation is 1. The molecule has 0 bridgehead atoms. The number of amides is 4. The zero-order valence-corrected chi connectivity index (χ0v) is 18.7. The van der Waals surface area contributed by atoms with Crippen molar-refractivity contribution in [2.45, 2.75) is 6.92 Å². The van der Waals surface area contributed by atoms with Gasteiger partial charge in [-0.1, -0.05) is 35.9 Å². The topological polar surface area (TPSA) is 102 Å². The molecule has 35 heavy (non-hydrogen) atoms. The van der Waals surface area contributed by atoms with Gasteiger partial charge in [-0.3, -0.25) is 14.9 Å². The quantitative estimate of drug-likeness (QED) is 0.259. The molecular weight excluding hydrogens is 455 g/mol. The smallest absolute Gasteiger partial charge is 0.343 e. The van der Waals surface area contributed by atoms with Crippen molar-refractivity contribution < 1.29 is 33.0 Å². The molecule has 0 unspecified atom stereocenters. The van der Waals surface area contributed by atoms with Crippen LogP contribution in [0.5, 0.6) is 11.5 Å². The monoisotopic (exact) mass is 474 g/mol. The van der Waals surface area contributed by atoms with Gasteiger partial charge in [-0.15, -0.1) is 0 Å². The number of methoxy groups -OCH3 is 1. The summed E-state index contributed by atoms with van der Waals surface area (Å²) >= 11 is 0. The molecule has 0 saturated carbocycles. The fraction of sp³-hybridized carbons (Fsp3) is 0.0769. The molecule has 1 aliphatic heterocycles. The lowest BCUT2D eigenvalue weighted by molar-refractivity contribution is -0.122. The SMILES string of the molecule is COc1cc(/C=C2\C(=O)NC(=O)N(c3ccccc3F)C2=O)ccc1OC(=O)c1ccc(C)cc1. The van der Waals surface area contributed by atoms with Gasteiger partial charge in [0.05, 0.1) is 18.4 Å². The first-order valence-electron chi connectivity index (χ1n) is 10.4. The largest absolute Gasteiger partial charge is 0.493 e. The number of barbiturate groups is 1. The first-order valence-corrected chi connectivity index (χ1v) is 10.4. The van der Waals surface area contributed by atoms with Crippen molar-refractivity contribution in [2.24, 2.45) is 0 Å². The number of esters is 1. The molecule has 0 aromatic heterocycles. The van der Waals surface area contributed by atoms with Gasteiger partial charge in [0.2, 0.25) is 0 Å². The zero-order valence-electron chi connectivity index (χ0n) is 18.7. The Morgan fingerprint density at radius 1 is 0.971 bits per heavy atom. The number of hydrogen-bond acceptors (Lipinski definition) is 6. The maximum atomic E-state index is 14.2. The lowest BCUT2D eigenvalue weighted by atomic mass is 10.1. The Kier molecular flexibility index (Phi) is 6.41. The molecule has 8 nitrogen and oxygen atoms in total. The first kappa shape index (κ1) is 23.4. The molecule has 1 heterocycles. The summed E-state index contributed by atoms with van der Waals surface area (Å²) in [4.78, 5) is 50.6. The number of benzene rings is 3. The Morgan fingerprint density at radius 3 is 2.37 bits per heavy atom. The number of para-hydroxylation sites is 1. The van der Waals surface area contributed by atoms with Crippen LogP contribution >= 0.6 is 0 Å². The molecule has 176 valence electrons. The minimum Gasteiger partial charge on any atom is -0.493 e. The number of hydrogen-bond donors (Lipinski definition) is 1. The second-order valence-corrected chi connectivity index (χ2v) is 7.58. The summed E-state index contributed by atoms with van der Waals surface area (Å²) in [5.74, 6) is -3.01.